The summed E-state index contributed by atoms with van der Waals surface area (Å²) >= 11 is 0. The van der Waals surface area contributed by atoms with Crippen molar-refractivity contribution in [2.75, 3.05) is 37.5 Å². The van der Waals surface area contributed by atoms with Crippen LogP contribution in [0.2, 0.25) is 0 Å². The van der Waals surface area contributed by atoms with Gasteiger partial charge in [0.1, 0.15) is 11.6 Å². The molecule has 1 heterocycles. The first-order valence-corrected chi connectivity index (χ1v) is 6.19. The second kappa shape index (κ2) is 8.66. The molecule has 0 spiro atoms. The number of anilines is 2. The van der Waals surface area contributed by atoms with E-state index in [-0.39, 0.29) is 36.2 Å². The van der Waals surface area contributed by atoms with Gasteiger partial charge in [-0.05, 0) is 0 Å². The zero-order valence-electron chi connectivity index (χ0n) is 11.6. The van der Waals surface area contributed by atoms with Gasteiger partial charge in [-0.15, -0.1) is 0 Å². The molecular formula is C11H18N6O4. The van der Waals surface area contributed by atoms with Gasteiger partial charge in [0.05, 0.1) is 23.7 Å². The van der Waals surface area contributed by atoms with Crippen LogP contribution in [0.3, 0.4) is 0 Å². The molecule has 10 heteroatoms. The minimum atomic E-state index is -0.550. The zero-order valence-corrected chi connectivity index (χ0v) is 11.6. The first kappa shape index (κ1) is 16.6. The Kier molecular flexibility index (Phi) is 6.84. The predicted octanol–water partition coefficient (Wildman–Crippen LogP) is -0.160. The van der Waals surface area contributed by atoms with Crippen LogP contribution < -0.4 is 21.9 Å². The Morgan fingerprint density at radius 3 is 2.76 bits per heavy atom. The van der Waals surface area contributed by atoms with Gasteiger partial charge in [0.15, 0.2) is 0 Å². The van der Waals surface area contributed by atoms with Gasteiger partial charge >= 0.3 is 0 Å². The lowest BCUT2D eigenvalue weighted by Crippen LogP contribution is -2.28. The second-order valence-electron chi connectivity index (χ2n) is 4.02. The van der Waals surface area contributed by atoms with E-state index >= 15 is 0 Å². The smallest absolute Gasteiger partial charge is 0.276 e. The van der Waals surface area contributed by atoms with Crippen molar-refractivity contribution in [3.8, 4) is 0 Å². The highest BCUT2D eigenvalue weighted by molar-refractivity contribution is 5.76. The van der Waals surface area contributed by atoms with Gasteiger partial charge in [-0.25, -0.2) is 10.8 Å². The Hall–Kier alpha value is -2.46. The Morgan fingerprint density at radius 2 is 2.14 bits per heavy atom. The van der Waals surface area contributed by atoms with Crippen LogP contribution in [0.1, 0.15) is 6.42 Å². The number of nitrogens with two attached hydrogens (primary N) is 1. The number of ether oxygens (including phenoxy) is 1. The van der Waals surface area contributed by atoms with Crippen LogP contribution in [0.4, 0.5) is 17.3 Å². The zero-order chi connectivity index (χ0) is 15.7. The van der Waals surface area contributed by atoms with Gasteiger partial charge in [0.2, 0.25) is 5.91 Å². The minimum absolute atomic E-state index is 0.148. The molecule has 0 saturated heterocycles. The lowest BCUT2D eigenvalue weighted by atomic mass is 10.3. The lowest BCUT2D eigenvalue weighted by Gasteiger charge is -2.08. The topological polar surface area (TPSA) is 144 Å². The minimum Gasteiger partial charge on any atom is -0.383 e. The van der Waals surface area contributed by atoms with Crippen molar-refractivity contribution < 1.29 is 14.5 Å². The molecule has 1 amide bonds. The number of hydrogen-bond donors (Lipinski definition) is 4. The van der Waals surface area contributed by atoms with Crippen molar-refractivity contribution in [1.82, 2.24) is 10.3 Å². The Morgan fingerprint density at radius 1 is 1.43 bits per heavy atom. The molecule has 1 aromatic rings. The molecule has 116 valence electrons. The van der Waals surface area contributed by atoms with E-state index in [2.05, 4.69) is 21.0 Å². The van der Waals surface area contributed by atoms with Crippen LogP contribution in [0, 0.1) is 10.1 Å². The molecule has 0 aromatic carbocycles. The summed E-state index contributed by atoms with van der Waals surface area (Å²) in [5.41, 5.74) is 2.10. The van der Waals surface area contributed by atoms with Gasteiger partial charge in [0, 0.05) is 26.6 Å². The van der Waals surface area contributed by atoms with E-state index < -0.39 is 4.92 Å². The van der Waals surface area contributed by atoms with Crippen molar-refractivity contribution in [3.63, 3.8) is 0 Å². The standard InChI is InChI=1S/C11H18N6O4/c1-21-5-4-14-11(18)2-3-13-9-6-8(17(19)20)7-10(15-9)16-12/h6-7H,2-5,12H2,1H3,(H,14,18)(H2,13,15,16). The molecule has 0 aliphatic rings. The number of hydrazine groups is 1. The SMILES string of the molecule is COCCNC(=O)CCNc1cc([N+](=O)[O-])cc(NN)n1. The predicted molar refractivity (Wildman–Crippen MR) is 76.7 cm³/mol. The molecule has 21 heavy (non-hydrogen) atoms. The monoisotopic (exact) mass is 298 g/mol. The van der Waals surface area contributed by atoms with Crippen molar-refractivity contribution in [2.24, 2.45) is 5.84 Å². The van der Waals surface area contributed by atoms with Crippen LogP contribution >= 0.6 is 0 Å². The van der Waals surface area contributed by atoms with Gasteiger partial charge in [-0.3, -0.25) is 14.9 Å². The van der Waals surface area contributed by atoms with E-state index in [1.807, 2.05) is 0 Å². The van der Waals surface area contributed by atoms with Crippen LogP contribution in [-0.2, 0) is 9.53 Å². The summed E-state index contributed by atoms with van der Waals surface area (Å²) in [5.74, 6) is 5.47. The normalized spacial score (nSPS) is 10.0. The summed E-state index contributed by atoms with van der Waals surface area (Å²) in [6.07, 6.45) is 0.208. The summed E-state index contributed by atoms with van der Waals surface area (Å²) in [4.78, 5) is 25.6. The van der Waals surface area contributed by atoms with Crippen LogP contribution in [0.5, 0.6) is 0 Å². The third kappa shape index (κ3) is 6.01. The fourth-order valence-electron chi connectivity index (χ4n) is 1.47. The van der Waals surface area contributed by atoms with Crippen LogP contribution in [0.15, 0.2) is 12.1 Å². The first-order valence-electron chi connectivity index (χ1n) is 6.19. The molecular weight excluding hydrogens is 280 g/mol. The Balaban J connectivity index is 2.49. The van der Waals surface area contributed by atoms with Gasteiger partial charge < -0.3 is 20.8 Å². The molecule has 0 aliphatic carbocycles. The highest BCUT2D eigenvalue weighted by Gasteiger charge is 2.11. The summed E-state index contributed by atoms with van der Waals surface area (Å²) in [5, 5.41) is 16.2. The number of amides is 1. The largest absolute Gasteiger partial charge is 0.383 e. The maximum absolute atomic E-state index is 11.4. The number of rotatable bonds is 9. The molecule has 0 radical (unpaired) electrons. The van der Waals surface area contributed by atoms with Gasteiger partial charge in [-0.1, -0.05) is 0 Å². The molecule has 0 aliphatic heterocycles. The van der Waals surface area contributed by atoms with Crippen LogP contribution in [-0.4, -0.2) is 42.6 Å². The number of carbonyl (C=O) groups is 1. The molecule has 0 atom stereocenters. The molecule has 1 rings (SSSR count). The van der Waals surface area contributed by atoms with E-state index in [9.17, 15) is 14.9 Å². The molecule has 0 fully saturated rings. The number of nitrogens with one attached hydrogen (secondary N) is 3. The maximum Gasteiger partial charge on any atom is 0.276 e. The van der Waals surface area contributed by atoms with E-state index in [4.69, 9.17) is 10.6 Å². The molecule has 10 nitrogen and oxygen atoms in total. The summed E-state index contributed by atoms with van der Waals surface area (Å²) in [6.45, 7) is 1.17. The first-order chi connectivity index (χ1) is 10.1. The summed E-state index contributed by atoms with van der Waals surface area (Å²) in [6, 6.07) is 2.48. The number of hydrogen-bond acceptors (Lipinski definition) is 8. The quantitative estimate of drug-likeness (QED) is 0.213. The second-order valence-corrected chi connectivity index (χ2v) is 4.02. The number of nitrogens with zero attached hydrogens (tertiary/aromatic N) is 2. The Labute approximate surface area is 121 Å². The molecule has 1 aromatic heterocycles. The fourth-order valence-corrected chi connectivity index (χ4v) is 1.47. The maximum atomic E-state index is 11.4. The average Bonchev–Trinajstić information content (AvgIpc) is 2.47. The summed E-state index contributed by atoms with van der Waals surface area (Å²) < 4.78 is 4.80. The summed E-state index contributed by atoms with van der Waals surface area (Å²) in [7, 11) is 1.55. The Bertz CT molecular complexity index is 496. The number of methoxy groups -OCH3 is 1. The highest BCUT2D eigenvalue weighted by atomic mass is 16.6. The third-order valence-electron chi connectivity index (χ3n) is 2.46. The number of aromatic nitrogens is 1. The van der Waals surface area contributed by atoms with E-state index in [0.717, 1.165) is 0 Å². The van der Waals surface area contributed by atoms with Crippen molar-refractivity contribution in [2.45, 2.75) is 6.42 Å². The van der Waals surface area contributed by atoms with Crippen molar-refractivity contribution >= 4 is 23.2 Å². The van der Waals surface area contributed by atoms with Gasteiger partial charge in [0.25, 0.3) is 5.69 Å². The molecule has 5 N–H and O–H groups in total. The van der Waals surface area contributed by atoms with E-state index in [1.54, 1.807) is 7.11 Å². The van der Waals surface area contributed by atoms with E-state index in [1.165, 1.54) is 12.1 Å². The highest BCUT2D eigenvalue weighted by Crippen LogP contribution is 2.19. The average molecular weight is 298 g/mol. The van der Waals surface area contributed by atoms with Crippen molar-refractivity contribution in [3.05, 3.63) is 22.2 Å². The van der Waals surface area contributed by atoms with Crippen molar-refractivity contribution in [1.29, 1.82) is 0 Å². The van der Waals surface area contributed by atoms with Crippen LogP contribution in [0.25, 0.3) is 0 Å². The van der Waals surface area contributed by atoms with Gasteiger partial charge in [-0.2, -0.15) is 0 Å². The molecule has 0 bridgehead atoms. The fraction of sp³-hybridized carbons (Fsp3) is 0.455. The van der Waals surface area contributed by atoms with E-state index in [0.29, 0.717) is 13.2 Å². The number of pyridine rings is 1. The lowest BCUT2D eigenvalue weighted by molar-refractivity contribution is -0.384. The molecule has 0 saturated carbocycles. The number of carbonyl (C=O) groups excluding carboxylic acids is 1. The third-order valence-corrected chi connectivity index (χ3v) is 2.46. The number of nitro groups is 1. The molecule has 0 unspecified atom stereocenters. The number of nitrogen functional groups attached to an aromatic ring is 1.